The smallest absolute Gasteiger partial charge is 0.326 e. The van der Waals surface area contributed by atoms with Crippen LogP contribution in [-0.4, -0.2) is 37.5 Å². The number of nitro benzene ring substituents is 1. The van der Waals surface area contributed by atoms with E-state index in [1.807, 2.05) is 0 Å². The molecule has 0 unspecified atom stereocenters. The van der Waals surface area contributed by atoms with Crippen LogP contribution in [0.3, 0.4) is 0 Å². The second-order valence-electron chi connectivity index (χ2n) is 7.18. The second kappa shape index (κ2) is 7.09. The van der Waals surface area contributed by atoms with Gasteiger partial charge in [-0.05, 0) is 31.1 Å². The quantitative estimate of drug-likeness (QED) is 0.205. The Morgan fingerprint density at radius 3 is 2.61 bits per heavy atom. The van der Waals surface area contributed by atoms with Gasteiger partial charge in [0, 0.05) is 35.5 Å². The summed E-state index contributed by atoms with van der Waals surface area (Å²) in [5.41, 5.74) is 1.73. The highest BCUT2D eigenvalue weighted by Crippen LogP contribution is 2.28. The van der Waals surface area contributed by atoms with E-state index in [1.54, 1.807) is 28.9 Å². The second-order valence-corrected chi connectivity index (χ2v) is 7.18. The van der Waals surface area contributed by atoms with Crippen LogP contribution in [0.4, 0.5) is 27.8 Å². The fourth-order valence-electron chi connectivity index (χ4n) is 3.14. The highest BCUT2D eigenvalue weighted by atomic mass is 16.6. The molecule has 156 valence electrons. The van der Waals surface area contributed by atoms with Gasteiger partial charge < -0.3 is 16.0 Å². The molecule has 12 heteroatoms. The van der Waals surface area contributed by atoms with Crippen LogP contribution in [0.15, 0.2) is 42.2 Å². The third-order valence-corrected chi connectivity index (χ3v) is 4.80. The monoisotopic (exact) mass is 420 g/mol. The van der Waals surface area contributed by atoms with Crippen molar-refractivity contribution in [2.24, 2.45) is 0 Å². The molecule has 2 aliphatic rings. The van der Waals surface area contributed by atoms with E-state index in [0.29, 0.717) is 34.6 Å². The number of urea groups is 1. The summed E-state index contributed by atoms with van der Waals surface area (Å²) in [5.74, 6) is 0.673. The first-order valence-electron chi connectivity index (χ1n) is 9.47. The fourth-order valence-corrected chi connectivity index (χ4v) is 3.14. The molecule has 3 heterocycles. The van der Waals surface area contributed by atoms with Gasteiger partial charge in [-0.3, -0.25) is 20.2 Å². The van der Waals surface area contributed by atoms with Gasteiger partial charge >= 0.3 is 6.03 Å². The van der Waals surface area contributed by atoms with Gasteiger partial charge in [-0.2, -0.15) is 9.61 Å². The number of nitrogens with one attached hydrogen (secondary N) is 4. The molecule has 0 atom stereocenters. The lowest BCUT2D eigenvalue weighted by Crippen LogP contribution is -2.22. The third kappa shape index (κ3) is 3.73. The first-order chi connectivity index (χ1) is 15.0. The molecule has 0 radical (unpaired) electrons. The van der Waals surface area contributed by atoms with Crippen LogP contribution in [0.5, 0.6) is 0 Å². The minimum absolute atomic E-state index is 0.00774. The molecule has 0 spiro atoms. The Kier molecular flexibility index (Phi) is 4.24. The Bertz CT molecular complexity index is 1260. The van der Waals surface area contributed by atoms with Crippen LogP contribution in [0, 0.1) is 10.1 Å². The Labute approximate surface area is 174 Å². The molecule has 5 rings (SSSR count). The third-order valence-electron chi connectivity index (χ3n) is 4.80. The number of rotatable bonds is 6. The number of hydrogen-bond donors (Lipinski definition) is 4. The van der Waals surface area contributed by atoms with Crippen molar-refractivity contribution >= 4 is 46.7 Å². The van der Waals surface area contributed by atoms with Crippen molar-refractivity contribution in [3.63, 3.8) is 0 Å². The zero-order chi connectivity index (χ0) is 21.5. The summed E-state index contributed by atoms with van der Waals surface area (Å²) in [7, 11) is 0. The molecule has 3 aromatic rings. The summed E-state index contributed by atoms with van der Waals surface area (Å²) < 4.78 is 1.63. The van der Waals surface area contributed by atoms with Crippen molar-refractivity contribution < 1.29 is 14.5 Å². The predicted molar refractivity (Wildman–Crippen MR) is 111 cm³/mol. The zero-order valence-corrected chi connectivity index (χ0v) is 16.0. The summed E-state index contributed by atoms with van der Waals surface area (Å²) in [6, 6.07) is 7.55. The van der Waals surface area contributed by atoms with Crippen molar-refractivity contribution in [3.05, 3.63) is 57.9 Å². The number of amides is 3. The number of fused-ring (bicyclic) bond motifs is 1. The highest BCUT2D eigenvalue weighted by Gasteiger charge is 2.25. The summed E-state index contributed by atoms with van der Waals surface area (Å²) in [5, 5.41) is 26.3. The van der Waals surface area contributed by atoms with Gasteiger partial charge in [0.25, 0.3) is 11.6 Å². The maximum absolute atomic E-state index is 11.9. The number of nitro groups is 1. The number of carbonyl (C=O) groups excluding carboxylic acids is 2. The number of benzene rings is 1. The highest BCUT2D eigenvalue weighted by molar-refractivity contribution is 6.14. The minimum Gasteiger partial charge on any atom is -0.367 e. The van der Waals surface area contributed by atoms with E-state index in [1.165, 1.54) is 18.2 Å². The zero-order valence-electron chi connectivity index (χ0n) is 16.0. The minimum atomic E-state index is -0.586. The number of nitrogens with zero attached hydrogens (tertiary/aromatic N) is 4. The van der Waals surface area contributed by atoms with Crippen molar-refractivity contribution in [2.75, 3.05) is 10.6 Å². The SMILES string of the molecule is O=C1NC(=O)/C(=C/c2cnn3c(NC4CC4)cc(Nc4ccc([N+](=O)[O-])cc4)nc23)N1. The number of non-ortho nitro benzene ring substituents is 1. The maximum atomic E-state index is 11.9. The molecule has 1 saturated heterocycles. The predicted octanol–water partition coefficient (Wildman–Crippen LogP) is 2.14. The lowest BCUT2D eigenvalue weighted by atomic mass is 10.2. The van der Waals surface area contributed by atoms with Crippen LogP contribution in [0.1, 0.15) is 18.4 Å². The normalized spacial score (nSPS) is 17.0. The van der Waals surface area contributed by atoms with E-state index in [0.717, 1.165) is 12.8 Å². The van der Waals surface area contributed by atoms with Crippen molar-refractivity contribution in [3.8, 4) is 0 Å². The molecule has 2 aromatic heterocycles. The molecule has 1 aromatic carbocycles. The molecule has 4 N–H and O–H groups in total. The molecule has 1 aliphatic heterocycles. The van der Waals surface area contributed by atoms with Crippen LogP contribution < -0.4 is 21.3 Å². The fraction of sp³-hybridized carbons (Fsp3) is 0.158. The lowest BCUT2D eigenvalue weighted by molar-refractivity contribution is -0.384. The standard InChI is InChI=1S/C19H16N8O4/c28-18-14(23-19(29)25-18)7-10-9-20-26-16(22-12-1-2-12)8-15(24-17(10)26)21-11-3-5-13(6-4-11)27(30)31/h3-9,12,22H,1-2H2,(H,21,24)(H2,23,25,28,29)/b14-7-. The number of anilines is 3. The average molecular weight is 420 g/mol. The first kappa shape index (κ1) is 18.5. The van der Waals surface area contributed by atoms with Crippen molar-refractivity contribution in [1.29, 1.82) is 0 Å². The van der Waals surface area contributed by atoms with E-state index >= 15 is 0 Å². The van der Waals surface area contributed by atoms with Crippen LogP contribution >= 0.6 is 0 Å². The number of carbonyl (C=O) groups is 2. The molecular weight excluding hydrogens is 404 g/mol. The van der Waals surface area contributed by atoms with Crippen LogP contribution in [0.2, 0.25) is 0 Å². The molecule has 1 aliphatic carbocycles. The van der Waals surface area contributed by atoms with Gasteiger partial charge in [0.2, 0.25) is 0 Å². The van der Waals surface area contributed by atoms with Gasteiger partial charge in [-0.1, -0.05) is 0 Å². The summed E-state index contributed by atoms with van der Waals surface area (Å²) in [6.45, 7) is 0. The topological polar surface area (TPSA) is 156 Å². The Hall–Kier alpha value is -4.48. The van der Waals surface area contributed by atoms with Crippen molar-refractivity contribution in [1.82, 2.24) is 25.2 Å². The molecule has 0 bridgehead atoms. The van der Waals surface area contributed by atoms with E-state index in [2.05, 4.69) is 31.3 Å². The average Bonchev–Trinajstić information content (AvgIpc) is 3.37. The molecule has 1 saturated carbocycles. The van der Waals surface area contributed by atoms with Gasteiger partial charge in [0.05, 0.1) is 11.1 Å². The van der Waals surface area contributed by atoms with Gasteiger partial charge in [-0.25, -0.2) is 9.78 Å². The van der Waals surface area contributed by atoms with E-state index in [-0.39, 0.29) is 11.4 Å². The maximum Gasteiger partial charge on any atom is 0.326 e. The molecule has 31 heavy (non-hydrogen) atoms. The van der Waals surface area contributed by atoms with E-state index in [4.69, 9.17) is 0 Å². The summed E-state index contributed by atoms with van der Waals surface area (Å²) >= 11 is 0. The Morgan fingerprint density at radius 2 is 1.97 bits per heavy atom. The van der Waals surface area contributed by atoms with Crippen LogP contribution in [-0.2, 0) is 4.79 Å². The summed E-state index contributed by atoms with van der Waals surface area (Å²) in [4.78, 5) is 38.2. The number of aromatic nitrogens is 3. The van der Waals surface area contributed by atoms with Crippen molar-refractivity contribution in [2.45, 2.75) is 18.9 Å². The van der Waals surface area contributed by atoms with Crippen LogP contribution in [0.25, 0.3) is 11.7 Å². The molecular formula is C19H16N8O4. The van der Waals surface area contributed by atoms with Gasteiger partial charge in [0.15, 0.2) is 5.65 Å². The molecule has 12 nitrogen and oxygen atoms in total. The lowest BCUT2D eigenvalue weighted by Gasteiger charge is -2.11. The Balaban J connectivity index is 1.53. The number of imide groups is 1. The van der Waals surface area contributed by atoms with Gasteiger partial charge in [-0.15, -0.1) is 0 Å². The summed E-state index contributed by atoms with van der Waals surface area (Å²) in [6.07, 6.45) is 5.17. The Morgan fingerprint density at radius 1 is 1.19 bits per heavy atom. The van der Waals surface area contributed by atoms with Gasteiger partial charge in [0.1, 0.15) is 17.3 Å². The first-order valence-corrected chi connectivity index (χ1v) is 9.47. The largest absolute Gasteiger partial charge is 0.367 e. The molecule has 2 fully saturated rings. The number of hydrogen-bond acceptors (Lipinski definition) is 8. The molecule has 3 amide bonds. The van der Waals surface area contributed by atoms with E-state index in [9.17, 15) is 19.7 Å². The van der Waals surface area contributed by atoms with E-state index < -0.39 is 16.9 Å².